The van der Waals surface area contributed by atoms with E-state index < -0.39 is 5.54 Å². The third-order valence-electron chi connectivity index (χ3n) is 2.80. The lowest BCUT2D eigenvalue weighted by molar-refractivity contribution is 0.147. The van der Waals surface area contributed by atoms with E-state index in [1.165, 1.54) is 0 Å². The van der Waals surface area contributed by atoms with E-state index in [2.05, 4.69) is 10.3 Å². The van der Waals surface area contributed by atoms with Crippen LogP contribution in [0.15, 0.2) is 12.1 Å². The highest BCUT2D eigenvalue weighted by Crippen LogP contribution is 2.31. The zero-order chi connectivity index (χ0) is 13.3. The Labute approximate surface area is 109 Å². The molecular weight excluding hydrogens is 250 g/mol. The van der Waals surface area contributed by atoms with Gasteiger partial charge in [0.05, 0.1) is 45.4 Å². The van der Waals surface area contributed by atoms with E-state index in [0.717, 1.165) is 15.2 Å². The summed E-state index contributed by atoms with van der Waals surface area (Å²) in [5.74, 6) is 0. The van der Waals surface area contributed by atoms with Crippen LogP contribution >= 0.6 is 11.3 Å². The van der Waals surface area contributed by atoms with Crippen LogP contribution in [0.4, 0.5) is 11.4 Å². The number of aryl methyl sites for hydroxylation is 1. The molecule has 0 radical (unpaired) electrons. The van der Waals surface area contributed by atoms with Crippen molar-refractivity contribution in [3.05, 3.63) is 17.1 Å². The number of nitrogens with zero attached hydrogens (tertiary/aromatic N) is 1. The molecule has 0 aliphatic rings. The van der Waals surface area contributed by atoms with E-state index in [0.29, 0.717) is 11.4 Å². The monoisotopic (exact) mass is 267 g/mol. The van der Waals surface area contributed by atoms with Crippen LogP contribution in [0.3, 0.4) is 0 Å². The molecule has 98 valence electrons. The Hall–Kier alpha value is -1.37. The largest absolute Gasteiger partial charge is 0.397 e. The van der Waals surface area contributed by atoms with Gasteiger partial charge < -0.3 is 21.3 Å². The number of nitrogens with one attached hydrogen (secondary N) is 1. The fourth-order valence-corrected chi connectivity index (χ4v) is 2.52. The fraction of sp³-hybridized carbons (Fsp3) is 0.417. The Balaban J connectivity index is 2.41. The number of aromatic nitrogens is 1. The van der Waals surface area contributed by atoms with Crippen LogP contribution in [0.1, 0.15) is 11.9 Å². The van der Waals surface area contributed by atoms with Crippen LogP contribution in [0, 0.1) is 6.92 Å². The molecule has 1 aromatic heterocycles. The van der Waals surface area contributed by atoms with Gasteiger partial charge >= 0.3 is 0 Å². The molecule has 5 N–H and O–H groups in total. The number of aliphatic hydroxyl groups excluding tert-OH is 2. The molecule has 0 aliphatic heterocycles. The highest BCUT2D eigenvalue weighted by molar-refractivity contribution is 7.18. The quantitative estimate of drug-likeness (QED) is 0.628. The number of hydrogen-bond acceptors (Lipinski definition) is 6. The summed E-state index contributed by atoms with van der Waals surface area (Å²) in [5, 5.41) is 22.6. The van der Waals surface area contributed by atoms with Gasteiger partial charge in [-0.05, 0) is 26.0 Å². The van der Waals surface area contributed by atoms with Gasteiger partial charge in [0.2, 0.25) is 0 Å². The topological polar surface area (TPSA) is 91.4 Å². The summed E-state index contributed by atoms with van der Waals surface area (Å²) in [6.45, 7) is 3.30. The number of rotatable bonds is 4. The summed E-state index contributed by atoms with van der Waals surface area (Å²) in [5.41, 5.74) is 7.30. The fourth-order valence-electron chi connectivity index (χ4n) is 1.67. The minimum atomic E-state index is -0.799. The molecule has 0 aliphatic carbocycles. The number of thiazole rings is 1. The first kappa shape index (κ1) is 13.1. The lowest BCUT2D eigenvalue weighted by Gasteiger charge is -2.28. The molecule has 6 heteroatoms. The second kappa shape index (κ2) is 4.72. The average Bonchev–Trinajstić information content (AvgIpc) is 2.68. The van der Waals surface area contributed by atoms with E-state index in [-0.39, 0.29) is 13.2 Å². The van der Waals surface area contributed by atoms with Crippen LogP contribution in [-0.2, 0) is 0 Å². The van der Waals surface area contributed by atoms with Gasteiger partial charge in [0.1, 0.15) is 0 Å². The number of nitrogen functional groups attached to an aromatic ring is 1. The molecule has 5 nitrogen and oxygen atoms in total. The summed E-state index contributed by atoms with van der Waals surface area (Å²) in [7, 11) is 0. The smallest absolute Gasteiger partial charge is 0.0907 e. The van der Waals surface area contributed by atoms with Gasteiger partial charge in [-0.3, -0.25) is 0 Å². The summed E-state index contributed by atoms with van der Waals surface area (Å²) in [4.78, 5) is 4.39. The van der Waals surface area contributed by atoms with Gasteiger partial charge in [0.15, 0.2) is 0 Å². The summed E-state index contributed by atoms with van der Waals surface area (Å²) < 4.78 is 1.03. The maximum Gasteiger partial charge on any atom is 0.0907 e. The lowest BCUT2D eigenvalue weighted by Crippen LogP contribution is -2.42. The third kappa shape index (κ3) is 2.40. The van der Waals surface area contributed by atoms with Gasteiger partial charge in [0.25, 0.3) is 0 Å². The molecular formula is C12H17N3O2S. The standard InChI is InChI=1S/C12H17N3O2S/c1-7-14-10-4-9(8(13)3-11(10)18-7)15-12(2,5-16)6-17/h3-4,15-17H,5-6,13H2,1-2H3. The van der Waals surface area contributed by atoms with Crippen molar-refractivity contribution in [2.75, 3.05) is 24.3 Å². The van der Waals surface area contributed by atoms with Gasteiger partial charge in [-0.1, -0.05) is 0 Å². The van der Waals surface area contributed by atoms with Gasteiger partial charge in [0, 0.05) is 0 Å². The van der Waals surface area contributed by atoms with E-state index in [9.17, 15) is 10.2 Å². The second-order valence-electron chi connectivity index (χ2n) is 4.64. The molecule has 1 heterocycles. The van der Waals surface area contributed by atoms with Gasteiger partial charge in [-0.25, -0.2) is 4.98 Å². The van der Waals surface area contributed by atoms with Crippen molar-refractivity contribution in [3.8, 4) is 0 Å². The van der Waals surface area contributed by atoms with Crippen molar-refractivity contribution in [2.45, 2.75) is 19.4 Å². The van der Waals surface area contributed by atoms with Gasteiger partial charge in [-0.2, -0.15) is 0 Å². The first-order valence-electron chi connectivity index (χ1n) is 5.64. The molecule has 0 saturated carbocycles. The molecule has 18 heavy (non-hydrogen) atoms. The number of nitrogens with two attached hydrogens (primary N) is 1. The molecule has 0 unspecified atom stereocenters. The zero-order valence-corrected chi connectivity index (χ0v) is 11.2. The van der Waals surface area contributed by atoms with Crippen LogP contribution in [0.25, 0.3) is 10.2 Å². The number of fused-ring (bicyclic) bond motifs is 1. The predicted molar refractivity (Wildman–Crippen MR) is 75.0 cm³/mol. The number of aliphatic hydroxyl groups is 2. The Bertz CT molecular complexity index is 564. The molecule has 0 atom stereocenters. The maximum atomic E-state index is 9.28. The van der Waals surface area contributed by atoms with Crippen molar-refractivity contribution in [1.29, 1.82) is 0 Å². The molecule has 1 aromatic carbocycles. The Morgan fingerprint density at radius 2 is 2.06 bits per heavy atom. The van der Waals surface area contributed by atoms with Crippen LogP contribution in [-0.4, -0.2) is 33.9 Å². The van der Waals surface area contributed by atoms with Crippen LogP contribution in [0.2, 0.25) is 0 Å². The first-order chi connectivity index (χ1) is 8.47. The van der Waals surface area contributed by atoms with E-state index >= 15 is 0 Å². The maximum absolute atomic E-state index is 9.28. The Morgan fingerprint density at radius 3 is 2.67 bits per heavy atom. The van der Waals surface area contributed by atoms with Crippen LogP contribution in [0.5, 0.6) is 0 Å². The number of hydrogen-bond donors (Lipinski definition) is 4. The molecule has 0 bridgehead atoms. The van der Waals surface area contributed by atoms with E-state index in [1.54, 1.807) is 18.3 Å². The van der Waals surface area contributed by atoms with E-state index in [1.807, 2.05) is 19.1 Å². The minimum absolute atomic E-state index is 0.183. The van der Waals surface area contributed by atoms with Crippen molar-refractivity contribution in [2.24, 2.45) is 0 Å². The molecule has 0 saturated heterocycles. The zero-order valence-electron chi connectivity index (χ0n) is 10.4. The number of anilines is 2. The third-order valence-corrected chi connectivity index (χ3v) is 3.73. The van der Waals surface area contributed by atoms with Crippen LogP contribution < -0.4 is 11.1 Å². The SMILES string of the molecule is Cc1nc2cc(NC(C)(CO)CO)c(N)cc2s1. The van der Waals surface area contributed by atoms with Gasteiger partial charge in [-0.15, -0.1) is 11.3 Å². The van der Waals surface area contributed by atoms with E-state index in [4.69, 9.17) is 5.73 Å². The molecule has 2 aromatic rings. The lowest BCUT2D eigenvalue weighted by atomic mass is 10.0. The van der Waals surface area contributed by atoms with Crippen molar-refractivity contribution in [3.63, 3.8) is 0 Å². The average molecular weight is 267 g/mol. The summed E-state index contributed by atoms with van der Waals surface area (Å²) in [6, 6.07) is 3.70. The summed E-state index contributed by atoms with van der Waals surface area (Å²) in [6.07, 6.45) is 0. The van der Waals surface area contributed by atoms with Crippen molar-refractivity contribution < 1.29 is 10.2 Å². The first-order valence-corrected chi connectivity index (χ1v) is 6.45. The van der Waals surface area contributed by atoms with Crippen molar-refractivity contribution in [1.82, 2.24) is 4.98 Å². The predicted octanol–water partition coefficient (Wildman–Crippen LogP) is 1.34. The number of benzene rings is 1. The highest BCUT2D eigenvalue weighted by atomic mass is 32.1. The normalized spacial score (nSPS) is 12.0. The van der Waals surface area contributed by atoms with Crippen molar-refractivity contribution >= 4 is 32.9 Å². The minimum Gasteiger partial charge on any atom is -0.397 e. The highest BCUT2D eigenvalue weighted by Gasteiger charge is 2.23. The Morgan fingerprint density at radius 1 is 1.39 bits per heavy atom. The molecule has 0 spiro atoms. The Kier molecular flexibility index (Phi) is 3.43. The second-order valence-corrected chi connectivity index (χ2v) is 5.88. The molecule has 0 fully saturated rings. The summed E-state index contributed by atoms with van der Waals surface area (Å²) >= 11 is 1.59. The molecule has 2 rings (SSSR count). The molecule has 0 amide bonds.